The first-order valence-electron chi connectivity index (χ1n) is 8.45. The summed E-state index contributed by atoms with van der Waals surface area (Å²) >= 11 is 7.45. The lowest BCUT2D eigenvalue weighted by molar-refractivity contribution is 0.0980. The van der Waals surface area contributed by atoms with Gasteiger partial charge in [-0.3, -0.25) is 9.79 Å². The van der Waals surface area contributed by atoms with E-state index in [1.165, 1.54) is 11.3 Å². The van der Waals surface area contributed by atoms with E-state index in [2.05, 4.69) is 5.32 Å². The van der Waals surface area contributed by atoms with Gasteiger partial charge in [-0.25, -0.2) is 4.99 Å². The van der Waals surface area contributed by atoms with Gasteiger partial charge in [0.05, 0.1) is 22.2 Å². The first-order valence-corrected chi connectivity index (χ1v) is 9.71. The number of halogens is 1. The number of carbonyl (C=O) groups is 1. The maximum atomic E-state index is 12.7. The lowest BCUT2D eigenvalue weighted by Crippen LogP contribution is -2.36. The third kappa shape index (κ3) is 3.70. The van der Waals surface area contributed by atoms with Crippen LogP contribution in [0.2, 0.25) is 5.02 Å². The van der Waals surface area contributed by atoms with Gasteiger partial charge in [-0.15, -0.1) is 11.3 Å². The Kier molecular flexibility index (Phi) is 4.88. The summed E-state index contributed by atoms with van der Waals surface area (Å²) in [4.78, 5) is 22.9. The third-order valence-corrected chi connectivity index (χ3v) is 5.42. The highest BCUT2D eigenvalue weighted by Gasteiger charge is 2.27. The number of fused-ring (bicyclic) bond motifs is 1. The molecular formula is C21H16ClN3OS. The maximum absolute atomic E-state index is 12.7. The van der Waals surface area contributed by atoms with Crippen molar-refractivity contribution >= 4 is 51.8 Å². The largest absolute Gasteiger partial charge is 0.309 e. The molecule has 1 unspecified atom stereocenters. The van der Waals surface area contributed by atoms with Crippen LogP contribution in [0.1, 0.15) is 28.1 Å². The van der Waals surface area contributed by atoms with Gasteiger partial charge in [0.2, 0.25) is 0 Å². The monoisotopic (exact) mass is 393 g/mol. The zero-order valence-corrected chi connectivity index (χ0v) is 16.1. The molecule has 0 fully saturated rings. The van der Waals surface area contributed by atoms with Crippen LogP contribution >= 0.6 is 22.9 Å². The van der Waals surface area contributed by atoms with Crippen molar-refractivity contribution < 1.29 is 4.79 Å². The van der Waals surface area contributed by atoms with Gasteiger partial charge in [0.15, 0.2) is 0 Å². The fourth-order valence-corrected chi connectivity index (χ4v) is 3.79. The molecule has 1 atom stereocenters. The molecule has 1 N–H and O–H groups in total. The Morgan fingerprint density at radius 3 is 2.37 bits per heavy atom. The summed E-state index contributed by atoms with van der Waals surface area (Å²) in [5.74, 6) is 0.121. The van der Waals surface area contributed by atoms with E-state index < -0.39 is 0 Å². The van der Waals surface area contributed by atoms with Crippen LogP contribution in [-0.2, 0) is 0 Å². The summed E-state index contributed by atoms with van der Waals surface area (Å²) in [6.07, 6.45) is 0. The van der Waals surface area contributed by atoms with Crippen LogP contribution in [0.15, 0.2) is 76.0 Å². The van der Waals surface area contributed by atoms with Crippen molar-refractivity contribution in [2.75, 3.05) is 0 Å². The van der Waals surface area contributed by atoms with Crippen molar-refractivity contribution in [3.63, 3.8) is 0 Å². The molecule has 1 aliphatic rings. The molecule has 6 heteroatoms. The maximum Gasteiger partial charge on any atom is 0.266 e. The third-order valence-electron chi connectivity index (χ3n) is 4.30. The van der Waals surface area contributed by atoms with Crippen molar-refractivity contribution in [3.05, 3.63) is 81.5 Å². The highest BCUT2D eigenvalue weighted by molar-refractivity contribution is 7.12. The van der Waals surface area contributed by atoms with E-state index in [1.54, 1.807) is 6.07 Å². The molecule has 0 spiro atoms. The van der Waals surface area contributed by atoms with Gasteiger partial charge in [0, 0.05) is 10.7 Å². The molecule has 0 bridgehead atoms. The topological polar surface area (TPSA) is 53.8 Å². The number of amides is 1. The number of carbonyl (C=O) groups excluding carboxylic acids is 1. The number of benzene rings is 2. The minimum absolute atomic E-state index is 0.171. The van der Waals surface area contributed by atoms with Gasteiger partial charge in [-0.1, -0.05) is 41.9 Å². The summed E-state index contributed by atoms with van der Waals surface area (Å²) in [7, 11) is 0. The zero-order valence-electron chi connectivity index (χ0n) is 14.5. The molecule has 1 amide bonds. The van der Waals surface area contributed by atoms with Crippen molar-refractivity contribution in [1.82, 2.24) is 5.32 Å². The predicted molar refractivity (Wildman–Crippen MR) is 112 cm³/mol. The molecule has 0 saturated heterocycles. The molecule has 3 aromatic rings. The number of amidine groups is 1. The van der Waals surface area contributed by atoms with Crippen molar-refractivity contribution in [2.24, 2.45) is 9.98 Å². The van der Waals surface area contributed by atoms with E-state index in [-0.39, 0.29) is 11.8 Å². The highest BCUT2D eigenvalue weighted by atomic mass is 35.5. The van der Waals surface area contributed by atoms with Gasteiger partial charge < -0.3 is 5.32 Å². The van der Waals surface area contributed by atoms with Gasteiger partial charge >= 0.3 is 0 Å². The highest BCUT2D eigenvalue weighted by Crippen LogP contribution is 2.34. The predicted octanol–water partition coefficient (Wildman–Crippen LogP) is 5.75. The molecule has 4 rings (SSSR count). The van der Waals surface area contributed by atoms with Crippen molar-refractivity contribution in [2.45, 2.75) is 12.8 Å². The summed E-state index contributed by atoms with van der Waals surface area (Å²) in [5, 5.41) is 5.54. The summed E-state index contributed by atoms with van der Waals surface area (Å²) in [6, 6.07) is 18.9. The van der Waals surface area contributed by atoms with Crippen LogP contribution < -0.4 is 5.32 Å². The number of para-hydroxylation sites is 2. The number of rotatable bonds is 2. The van der Waals surface area contributed by atoms with Crippen LogP contribution in [-0.4, -0.2) is 17.5 Å². The Bertz CT molecular complexity index is 1040. The number of nitrogens with zero attached hydrogens (tertiary/aromatic N) is 2. The zero-order chi connectivity index (χ0) is 18.8. The minimum atomic E-state index is -0.265. The van der Waals surface area contributed by atoms with Gasteiger partial charge in [0.1, 0.15) is 5.84 Å². The van der Waals surface area contributed by atoms with Crippen LogP contribution in [0.5, 0.6) is 0 Å². The molecular weight excluding hydrogens is 378 g/mol. The smallest absolute Gasteiger partial charge is 0.266 e. The second-order valence-corrected chi connectivity index (χ2v) is 7.54. The quantitative estimate of drug-likeness (QED) is 0.592. The Morgan fingerprint density at radius 1 is 1.00 bits per heavy atom. The number of aliphatic imine (C=N–C) groups is 2. The van der Waals surface area contributed by atoms with Crippen molar-refractivity contribution in [1.29, 1.82) is 0 Å². The molecule has 0 aliphatic carbocycles. The Balaban J connectivity index is 1.81. The number of thiophene rings is 1. The fourth-order valence-electron chi connectivity index (χ4n) is 3.04. The fraction of sp³-hybridized carbons (Fsp3) is 0.0952. The van der Waals surface area contributed by atoms with Crippen molar-refractivity contribution in [3.8, 4) is 0 Å². The number of nitrogens with one attached hydrogen (secondary N) is 1. The van der Waals surface area contributed by atoms with Crippen LogP contribution in [0, 0.1) is 0 Å². The van der Waals surface area contributed by atoms with Gasteiger partial charge in [-0.2, -0.15) is 0 Å². The van der Waals surface area contributed by atoms with E-state index in [0.29, 0.717) is 15.7 Å². The van der Waals surface area contributed by atoms with E-state index in [9.17, 15) is 4.79 Å². The molecule has 4 nitrogen and oxygen atoms in total. The molecule has 1 aliphatic heterocycles. The molecule has 0 saturated carbocycles. The average molecular weight is 394 g/mol. The first-order chi connectivity index (χ1) is 13.1. The second-order valence-electron chi connectivity index (χ2n) is 6.15. The Morgan fingerprint density at radius 2 is 1.70 bits per heavy atom. The standard InChI is InChI=1S/C21H16ClN3OS/c1-13-19(14-8-10-15(22)11-9-14)20(25-21(26)18-7-4-12-27-18)24-17-6-3-2-5-16(17)23-13/h2-12,19H,1H3,(H,24,25,26). The van der Waals surface area contributed by atoms with Gasteiger partial charge in [-0.05, 0) is 48.2 Å². The minimum Gasteiger partial charge on any atom is -0.309 e. The second kappa shape index (κ2) is 7.47. The SMILES string of the molecule is CC1=Nc2ccccc2N=C(NC(=O)c2cccs2)C1c1ccc(Cl)cc1. The number of hydrogen-bond donors (Lipinski definition) is 1. The average Bonchev–Trinajstić information content (AvgIpc) is 3.15. The first kappa shape index (κ1) is 17.6. The summed E-state index contributed by atoms with van der Waals surface area (Å²) in [6.45, 7) is 1.95. The lowest BCUT2D eigenvalue weighted by atomic mass is 9.93. The van der Waals surface area contributed by atoms with E-state index in [0.717, 1.165) is 22.6 Å². The molecule has 27 heavy (non-hydrogen) atoms. The number of hydrogen-bond acceptors (Lipinski definition) is 4. The Labute approximate surface area is 166 Å². The van der Waals surface area contributed by atoms with E-state index >= 15 is 0 Å². The summed E-state index contributed by atoms with van der Waals surface area (Å²) < 4.78 is 0. The molecule has 0 radical (unpaired) electrons. The van der Waals surface area contributed by atoms with E-state index in [1.807, 2.05) is 66.9 Å². The molecule has 1 aromatic heterocycles. The molecule has 2 heterocycles. The summed E-state index contributed by atoms with van der Waals surface area (Å²) in [5.41, 5.74) is 3.34. The Hall–Kier alpha value is -2.76. The normalized spacial score (nSPS) is 16.0. The molecule has 2 aromatic carbocycles. The van der Waals surface area contributed by atoms with Crippen LogP contribution in [0.4, 0.5) is 11.4 Å². The van der Waals surface area contributed by atoms with Gasteiger partial charge in [0.25, 0.3) is 5.91 Å². The van der Waals surface area contributed by atoms with Crippen LogP contribution in [0.3, 0.4) is 0 Å². The van der Waals surface area contributed by atoms with Crippen LogP contribution in [0.25, 0.3) is 0 Å². The molecule has 134 valence electrons. The van der Waals surface area contributed by atoms with E-state index in [4.69, 9.17) is 21.6 Å². The lowest BCUT2D eigenvalue weighted by Gasteiger charge is -2.19.